The summed E-state index contributed by atoms with van der Waals surface area (Å²) in [6, 6.07) is 0. The van der Waals surface area contributed by atoms with Crippen LogP contribution < -0.4 is 5.69 Å². The van der Waals surface area contributed by atoms with E-state index in [-0.39, 0.29) is 12.1 Å². The van der Waals surface area contributed by atoms with E-state index in [9.17, 15) is 9.59 Å². The number of carboxylic acids is 1. The number of imidazole rings is 1. The van der Waals surface area contributed by atoms with Gasteiger partial charge in [0.1, 0.15) is 0 Å². The van der Waals surface area contributed by atoms with Crippen molar-refractivity contribution < 1.29 is 9.90 Å². The van der Waals surface area contributed by atoms with Gasteiger partial charge in [-0.05, 0) is 13.8 Å². The number of carboxylic acid groups (broad SMARTS) is 1. The Morgan fingerprint density at radius 2 is 2.31 bits per heavy atom. The van der Waals surface area contributed by atoms with Crippen molar-refractivity contribution in [2.75, 3.05) is 0 Å². The van der Waals surface area contributed by atoms with E-state index < -0.39 is 11.5 Å². The summed E-state index contributed by atoms with van der Waals surface area (Å²) in [5.41, 5.74) is -0.977. The Balaban J connectivity index is 3.00. The first-order valence-corrected chi connectivity index (χ1v) is 3.92. The second-order valence-electron chi connectivity index (χ2n) is 3.52. The molecule has 0 saturated heterocycles. The van der Waals surface area contributed by atoms with E-state index >= 15 is 0 Å². The molecule has 0 radical (unpaired) electrons. The smallest absolute Gasteiger partial charge is 0.325 e. The van der Waals surface area contributed by atoms with Crippen molar-refractivity contribution in [2.45, 2.75) is 25.8 Å². The lowest BCUT2D eigenvalue weighted by Gasteiger charge is -2.23. The van der Waals surface area contributed by atoms with E-state index in [4.69, 9.17) is 5.11 Å². The van der Waals surface area contributed by atoms with Crippen LogP contribution in [0.4, 0.5) is 0 Å². The van der Waals surface area contributed by atoms with Crippen LogP contribution in [0.5, 0.6) is 0 Å². The van der Waals surface area contributed by atoms with E-state index in [2.05, 4.69) is 4.98 Å². The SMILES string of the molecule is CC(C)(CC(=O)O)n1cc[nH]c1=O. The lowest BCUT2D eigenvalue weighted by Crippen LogP contribution is -2.36. The summed E-state index contributed by atoms with van der Waals surface area (Å²) in [5, 5.41) is 8.61. The molecule has 0 spiro atoms. The average Bonchev–Trinajstić information content (AvgIpc) is 2.32. The third-order valence-electron chi connectivity index (χ3n) is 1.89. The minimum atomic E-state index is -0.918. The molecule has 0 aliphatic heterocycles. The average molecular weight is 184 g/mol. The largest absolute Gasteiger partial charge is 0.481 e. The summed E-state index contributed by atoms with van der Waals surface area (Å²) in [7, 11) is 0. The van der Waals surface area contributed by atoms with Crippen LogP contribution in [-0.2, 0) is 10.3 Å². The van der Waals surface area contributed by atoms with Crippen molar-refractivity contribution in [2.24, 2.45) is 0 Å². The number of H-pyrrole nitrogens is 1. The van der Waals surface area contributed by atoms with Crippen LogP contribution in [0.1, 0.15) is 20.3 Å². The Labute approximate surface area is 75.0 Å². The van der Waals surface area contributed by atoms with Crippen LogP contribution in [0.2, 0.25) is 0 Å². The Hall–Kier alpha value is -1.52. The van der Waals surface area contributed by atoms with Gasteiger partial charge in [0, 0.05) is 12.4 Å². The zero-order valence-corrected chi connectivity index (χ0v) is 7.57. The van der Waals surface area contributed by atoms with Gasteiger partial charge in [0.15, 0.2) is 0 Å². The van der Waals surface area contributed by atoms with Gasteiger partial charge in [0.25, 0.3) is 0 Å². The van der Waals surface area contributed by atoms with E-state index in [0.717, 1.165) is 0 Å². The van der Waals surface area contributed by atoms with Gasteiger partial charge in [-0.3, -0.25) is 9.36 Å². The highest BCUT2D eigenvalue weighted by atomic mass is 16.4. The number of aliphatic carboxylic acids is 1. The number of carbonyl (C=O) groups is 1. The minimum Gasteiger partial charge on any atom is -0.481 e. The number of hydrogen-bond acceptors (Lipinski definition) is 2. The highest BCUT2D eigenvalue weighted by molar-refractivity contribution is 5.67. The van der Waals surface area contributed by atoms with Crippen molar-refractivity contribution in [1.82, 2.24) is 9.55 Å². The molecule has 0 fully saturated rings. The molecule has 0 saturated carbocycles. The van der Waals surface area contributed by atoms with Gasteiger partial charge in [-0.2, -0.15) is 0 Å². The number of rotatable bonds is 3. The fourth-order valence-corrected chi connectivity index (χ4v) is 1.25. The number of aromatic amines is 1. The summed E-state index contributed by atoms with van der Waals surface area (Å²) in [6.07, 6.45) is 2.96. The van der Waals surface area contributed by atoms with E-state index in [1.165, 1.54) is 10.8 Å². The first-order valence-electron chi connectivity index (χ1n) is 3.92. The molecule has 1 aromatic heterocycles. The molecule has 13 heavy (non-hydrogen) atoms. The second-order valence-corrected chi connectivity index (χ2v) is 3.52. The van der Waals surface area contributed by atoms with Gasteiger partial charge >= 0.3 is 11.7 Å². The maximum atomic E-state index is 11.2. The lowest BCUT2D eigenvalue weighted by molar-refractivity contribution is -0.139. The zero-order valence-electron chi connectivity index (χ0n) is 7.57. The molecule has 1 heterocycles. The van der Waals surface area contributed by atoms with Crippen molar-refractivity contribution in [3.8, 4) is 0 Å². The summed E-state index contributed by atoms with van der Waals surface area (Å²) in [6.45, 7) is 3.41. The fourth-order valence-electron chi connectivity index (χ4n) is 1.25. The van der Waals surface area contributed by atoms with Gasteiger partial charge in [0.2, 0.25) is 0 Å². The Morgan fingerprint density at radius 3 is 2.69 bits per heavy atom. The first-order chi connectivity index (χ1) is 5.93. The van der Waals surface area contributed by atoms with Crippen molar-refractivity contribution in [3.63, 3.8) is 0 Å². The van der Waals surface area contributed by atoms with Crippen LogP contribution in [0.25, 0.3) is 0 Å². The normalized spacial score (nSPS) is 11.5. The van der Waals surface area contributed by atoms with Gasteiger partial charge in [-0.25, -0.2) is 4.79 Å². The summed E-state index contributed by atoms with van der Waals surface area (Å²) in [4.78, 5) is 24.1. The van der Waals surface area contributed by atoms with Crippen LogP contribution in [0.15, 0.2) is 17.2 Å². The van der Waals surface area contributed by atoms with Crippen LogP contribution in [0.3, 0.4) is 0 Å². The predicted molar refractivity (Wildman–Crippen MR) is 46.6 cm³/mol. The molecule has 1 rings (SSSR count). The number of nitrogens with one attached hydrogen (secondary N) is 1. The van der Waals surface area contributed by atoms with Crippen LogP contribution >= 0.6 is 0 Å². The molecule has 0 aliphatic rings. The molecule has 1 aromatic rings. The van der Waals surface area contributed by atoms with Crippen LogP contribution in [-0.4, -0.2) is 20.6 Å². The fraction of sp³-hybridized carbons (Fsp3) is 0.500. The van der Waals surface area contributed by atoms with Gasteiger partial charge < -0.3 is 10.1 Å². The van der Waals surface area contributed by atoms with Gasteiger partial charge in [0.05, 0.1) is 12.0 Å². The summed E-state index contributed by atoms with van der Waals surface area (Å²) < 4.78 is 1.38. The van der Waals surface area contributed by atoms with Crippen molar-refractivity contribution in [3.05, 3.63) is 22.9 Å². The van der Waals surface area contributed by atoms with E-state index in [1.807, 2.05) is 0 Å². The highest BCUT2D eigenvalue weighted by Gasteiger charge is 2.24. The predicted octanol–water partition coefficient (Wildman–Crippen LogP) is 0.386. The quantitative estimate of drug-likeness (QED) is 0.713. The molecule has 0 bridgehead atoms. The Kier molecular flexibility index (Phi) is 2.27. The van der Waals surface area contributed by atoms with Gasteiger partial charge in [-0.15, -0.1) is 0 Å². The van der Waals surface area contributed by atoms with E-state index in [0.29, 0.717) is 0 Å². The molecule has 0 amide bonds. The zero-order chi connectivity index (χ0) is 10.1. The van der Waals surface area contributed by atoms with Crippen molar-refractivity contribution in [1.29, 1.82) is 0 Å². The molecule has 0 atom stereocenters. The molecule has 0 unspecified atom stereocenters. The van der Waals surface area contributed by atoms with Crippen LogP contribution in [0, 0.1) is 0 Å². The number of hydrogen-bond donors (Lipinski definition) is 2. The molecular weight excluding hydrogens is 172 g/mol. The Morgan fingerprint density at radius 1 is 1.69 bits per heavy atom. The molecule has 5 heteroatoms. The lowest BCUT2D eigenvalue weighted by atomic mass is 10.0. The third kappa shape index (κ3) is 1.99. The highest BCUT2D eigenvalue weighted by Crippen LogP contribution is 2.16. The molecule has 5 nitrogen and oxygen atoms in total. The summed E-state index contributed by atoms with van der Waals surface area (Å²) in [5.74, 6) is -0.918. The maximum absolute atomic E-state index is 11.2. The molecular formula is C8H12N2O3. The van der Waals surface area contributed by atoms with Crippen molar-refractivity contribution >= 4 is 5.97 Å². The minimum absolute atomic E-state index is 0.0786. The second kappa shape index (κ2) is 3.08. The van der Waals surface area contributed by atoms with Gasteiger partial charge in [-0.1, -0.05) is 0 Å². The standard InChI is InChI=1S/C8H12N2O3/c1-8(2,5-6(11)12)10-4-3-9-7(10)13/h3-4H,5H2,1-2H3,(H,9,13)(H,11,12). The summed E-state index contributed by atoms with van der Waals surface area (Å²) >= 11 is 0. The number of aromatic nitrogens is 2. The maximum Gasteiger partial charge on any atom is 0.325 e. The number of nitrogens with zero attached hydrogens (tertiary/aromatic N) is 1. The third-order valence-corrected chi connectivity index (χ3v) is 1.89. The Bertz CT molecular complexity index is 361. The molecule has 0 aromatic carbocycles. The topological polar surface area (TPSA) is 75.1 Å². The molecule has 72 valence electrons. The first kappa shape index (κ1) is 9.57. The molecule has 0 aliphatic carbocycles. The van der Waals surface area contributed by atoms with E-state index in [1.54, 1.807) is 20.0 Å². The monoisotopic (exact) mass is 184 g/mol. The molecule has 2 N–H and O–H groups in total.